The molecule has 0 aromatic carbocycles. The van der Waals surface area contributed by atoms with Gasteiger partial charge in [0.2, 0.25) is 0 Å². The molecule has 2 nitrogen and oxygen atoms in total. The molecular weight excluding hydrogens is 220 g/mol. The van der Waals surface area contributed by atoms with Crippen molar-refractivity contribution in [1.29, 1.82) is 0 Å². The second-order valence-corrected chi connectivity index (χ2v) is 6.73. The van der Waals surface area contributed by atoms with E-state index in [1.807, 2.05) is 11.8 Å². The Balaban J connectivity index is 2.08. The van der Waals surface area contributed by atoms with Crippen LogP contribution in [0.1, 0.15) is 52.4 Å². The van der Waals surface area contributed by atoms with Gasteiger partial charge in [-0.2, -0.15) is 11.8 Å². The Hall–Kier alpha value is 0.270. The summed E-state index contributed by atoms with van der Waals surface area (Å²) in [5.74, 6) is 0.893. The van der Waals surface area contributed by atoms with Crippen molar-refractivity contribution in [3.8, 4) is 0 Å². The third kappa shape index (κ3) is 5.55. The summed E-state index contributed by atoms with van der Waals surface area (Å²) in [5.41, 5.74) is -0.0982. The average molecular weight is 246 g/mol. The Morgan fingerprint density at radius 3 is 2.56 bits per heavy atom. The van der Waals surface area contributed by atoms with Crippen LogP contribution in [0, 0.1) is 0 Å². The standard InChI is InChI=1S/C13H26O2S/c1-13(2,15-3)9-8-11(14)10-16-12-6-4-5-7-12/h11-12,14H,4-10H2,1-3H3. The Morgan fingerprint density at radius 1 is 1.38 bits per heavy atom. The van der Waals surface area contributed by atoms with E-state index < -0.39 is 0 Å². The zero-order valence-corrected chi connectivity index (χ0v) is 11.7. The highest BCUT2D eigenvalue weighted by molar-refractivity contribution is 7.99. The van der Waals surface area contributed by atoms with E-state index in [1.165, 1.54) is 25.7 Å². The topological polar surface area (TPSA) is 29.5 Å². The van der Waals surface area contributed by atoms with Crippen molar-refractivity contribution in [3.05, 3.63) is 0 Å². The monoisotopic (exact) mass is 246 g/mol. The second kappa shape index (κ2) is 6.87. The maximum absolute atomic E-state index is 9.89. The molecule has 1 unspecified atom stereocenters. The van der Waals surface area contributed by atoms with Crippen molar-refractivity contribution < 1.29 is 9.84 Å². The molecule has 0 radical (unpaired) electrons. The van der Waals surface area contributed by atoms with Crippen LogP contribution in [0.15, 0.2) is 0 Å². The van der Waals surface area contributed by atoms with Gasteiger partial charge in [0.25, 0.3) is 0 Å². The van der Waals surface area contributed by atoms with E-state index >= 15 is 0 Å². The van der Waals surface area contributed by atoms with Gasteiger partial charge in [-0.3, -0.25) is 0 Å². The van der Waals surface area contributed by atoms with Crippen LogP contribution in [-0.4, -0.2) is 34.9 Å². The third-order valence-corrected chi connectivity index (χ3v) is 4.98. The maximum Gasteiger partial charge on any atom is 0.0631 e. The van der Waals surface area contributed by atoms with Gasteiger partial charge < -0.3 is 9.84 Å². The van der Waals surface area contributed by atoms with E-state index in [-0.39, 0.29) is 11.7 Å². The molecule has 3 heteroatoms. The summed E-state index contributed by atoms with van der Waals surface area (Å²) in [4.78, 5) is 0. The highest BCUT2D eigenvalue weighted by Gasteiger charge is 2.20. The van der Waals surface area contributed by atoms with Crippen LogP contribution in [0.2, 0.25) is 0 Å². The highest BCUT2D eigenvalue weighted by atomic mass is 32.2. The summed E-state index contributed by atoms with van der Waals surface area (Å²) >= 11 is 1.96. The Labute approximate surface area is 104 Å². The fourth-order valence-electron chi connectivity index (χ4n) is 2.00. The first kappa shape index (κ1) is 14.3. The highest BCUT2D eigenvalue weighted by Crippen LogP contribution is 2.30. The van der Waals surface area contributed by atoms with Gasteiger partial charge >= 0.3 is 0 Å². The lowest BCUT2D eigenvalue weighted by Gasteiger charge is -2.24. The second-order valence-electron chi connectivity index (χ2n) is 5.40. The first-order chi connectivity index (χ1) is 7.53. The summed E-state index contributed by atoms with van der Waals surface area (Å²) in [6, 6.07) is 0. The quantitative estimate of drug-likeness (QED) is 0.748. The van der Waals surface area contributed by atoms with Crippen LogP contribution in [0.3, 0.4) is 0 Å². The van der Waals surface area contributed by atoms with E-state index in [0.29, 0.717) is 0 Å². The van der Waals surface area contributed by atoms with Crippen molar-refractivity contribution in [1.82, 2.24) is 0 Å². The van der Waals surface area contributed by atoms with Crippen LogP contribution in [0.5, 0.6) is 0 Å². The minimum absolute atomic E-state index is 0.0982. The lowest BCUT2D eigenvalue weighted by Crippen LogP contribution is -2.25. The first-order valence-corrected chi connectivity index (χ1v) is 7.43. The SMILES string of the molecule is COC(C)(C)CCC(O)CSC1CCCC1. The Morgan fingerprint density at radius 2 is 2.00 bits per heavy atom. The average Bonchev–Trinajstić information content (AvgIpc) is 2.76. The van der Waals surface area contributed by atoms with Crippen LogP contribution in [0.4, 0.5) is 0 Å². The van der Waals surface area contributed by atoms with E-state index in [1.54, 1.807) is 7.11 Å². The summed E-state index contributed by atoms with van der Waals surface area (Å²) in [7, 11) is 1.74. The molecule has 1 aliphatic carbocycles. The van der Waals surface area contributed by atoms with Gasteiger partial charge in [0.1, 0.15) is 0 Å². The summed E-state index contributed by atoms with van der Waals surface area (Å²) in [6.45, 7) is 4.15. The van der Waals surface area contributed by atoms with Gasteiger partial charge in [0, 0.05) is 18.1 Å². The van der Waals surface area contributed by atoms with Crippen molar-refractivity contribution in [2.45, 2.75) is 69.3 Å². The van der Waals surface area contributed by atoms with E-state index in [0.717, 1.165) is 23.8 Å². The predicted octanol–water partition coefficient (Wildman–Crippen LogP) is 3.23. The molecule has 0 aliphatic heterocycles. The fourth-order valence-corrected chi connectivity index (χ4v) is 3.33. The molecule has 0 heterocycles. The third-order valence-electron chi connectivity index (χ3n) is 3.46. The molecule has 0 spiro atoms. The minimum Gasteiger partial charge on any atom is -0.392 e. The van der Waals surface area contributed by atoms with Crippen LogP contribution < -0.4 is 0 Å². The predicted molar refractivity (Wildman–Crippen MR) is 71.0 cm³/mol. The molecule has 16 heavy (non-hydrogen) atoms. The molecule has 96 valence electrons. The van der Waals surface area contributed by atoms with Gasteiger partial charge in [0.15, 0.2) is 0 Å². The van der Waals surface area contributed by atoms with Crippen molar-refractivity contribution >= 4 is 11.8 Å². The van der Waals surface area contributed by atoms with Crippen molar-refractivity contribution in [2.75, 3.05) is 12.9 Å². The van der Waals surface area contributed by atoms with Gasteiger partial charge in [0.05, 0.1) is 11.7 Å². The molecule has 0 aromatic rings. The van der Waals surface area contributed by atoms with Gasteiger partial charge in [-0.25, -0.2) is 0 Å². The minimum atomic E-state index is -0.167. The van der Waals surface area contributed by atoms with Crippen LogP contribution >= 0.6 is 11.8 Å². The van der Waals surface area contributed by atoms with Crippen molar-refractivity contribution in [2.24, 2.45) is 0 Å². The fraction of sp³-hybridized carbons (Fsp3) is 1.00. The van der Waals surface area contributed by atoms with Crippen LogP contribution in [0.25, 0.3) is 0 Å². The lowest BCUT2D eigenvalue weighted by molar-refractivity contribution is 0.00494. The number of hydrogen-bond acceptors (Lipinski definition) is 3. The molecule has 0 amide bonds. The summed E-state index contributed by atoms with van der Waals surface area (Å²) in [5, 5.41) is 10.7. The molecule has 1 N–H and O–H groups in total. The number of thioether (sulfide) groups is 1. The first-order valence-electron chi connectivity index (χ1n) is 6.38. The van der Waals surface area contributed by atoms with Crippen LogP contribution in [-0.2, 0) is 4.74 Å². The zero-order chi connectivity index (χ0) is 12.0. The van der Waals surface area contributed by atoms with Gasteiger partial charge in [-0.15, -0.1) is 0 Å². The summed E-state index contributed by atoms with van der Waals surface area (Å²) < 4.78 is 5.35. The number of rotatable bonds is 7. The van der Waals surface area contributed by atoms with E-state index in [9.17, 15) is 5.11 Å². The lowest BCUT2D eigenvalue weighted by atomic mass is 10.0. The van der Waals surface area contributed by atoms with Gasteiger partial charge in [-0.05, 0) is 39.5 Å². The molecule has 0 bridgehead atoms. The molecule has 0 aromatic heterocycles. The molecular formula is C13H26O2S. The number of ether oxygens (including phenoxy) is 1. The maximum atomic E-state index is 9.89. The smallest absolute Gasteiger partial charge is 0.0631 e. The Bertz CT molecular complexity index is 188. The molecule has 1 rings (SSSR count). The molecule has 1 saturated carbocycles. The number of methoxy groups -OCH3 is 1. The number of hydrogen-bond donors (Lipinski definition) is 1. The molecule has 0 saturated heterocycles. The normalized spacial score (nSPS) is 20.2. The molecule has 1 atom stereocenters. The molecule has 1 aliphatic rings. The number of aliphatic hydroxyl groups is 1. The Kier molecular flexibility index (Phi) is 6.16. The number of aliphatic hydroxyl groups excluding tert-OH is 1. The largest absolute Gasteiger partial charge is 0.392 e. The van der Waals surface area contributed by atoms with Gasteiger partial charge in [-0.1, -0.05) is 12.8 Å². The molecule has 1 fully saturated rings. The van der Waals surface area contributed by atoms with Crippen molar-refractivity contribution in [3.63, 3.8) is 0 Å². The summed E-state index contributed by atoms with van der Waals surface area (Å²) in [6.07, 6.45) is 7.06. The van der Waals surface area contributed by atoms with E-state index in [4.69, 9.17) is 4.74 Å². The van der Waals surface area contributed by atoms with E-state index in [2.05, 4.69) is 13.8 Å². The zero-order valence-electron chi connectivity index (χ0n) is 10.9.